The summed E-state index contributed by atoms with van der Waals surface area (Å²) in [5.74, 6) is 0.944. The topological polar surface area (TPSA) is 41.1 Å². The zero-order chi connectivity index (χ0) is 10.2. The molecule has 0 aromatic heterocycles. The molecule has 0 aromatic carbocycles. The lowest BCUT2D eigenvalue weighted by molar-refractivity contribution is -0.126. The molecule has 0 bridgehead atoms. The Morgan fingerprint density at radius 1 is 1.64 bits per heavy atom. The summed E-state index contributed by atoms with van der Waals surface area (Å²) in [7, 11) is 0. The van der Waals surface area contributed by atoms with Gasteiger partial charge in [-0.05, 0) is 38.6 Å². The molecular weight excluding hydrogens is 176 g/mol. The first-order valence-corrected chi connectivity index (χ1v) is 5.72. The standard InChI is InChI=1S/C11H20N2O/c1-3-8-7-9(8)13-10(14)11(2)5-4-6-12-11/h8-9,12H,3-7H2,1-2H3,(H,13,14). The molecule has 2 fully saturated rings. The Balaban J connectivity index is 1.83. The summed E-state index contributed by atoms with van der Waals surface area (Å²) in [5.41, 5.74) is -0.291. The van der Waals surface area contributed by atoms with Gasteiger partial charge in [-0.2, -0.15) is 0 Å². The SMILES string of the molecule is CCC1CC1NC(=O)C1(C)CCCN1. The van der Waals surface area contributed by atoms with Crippen LogP contribution in [0.2, 0.25) is 0 Å². The normalized spacial score (nSPS) is 41.0. The van der Waals surface area contributed by atoms with Gasteiger partial charge in [0.15, 0.2) is 0 Å². The second-order valence-corrected chi connectivity index (χ2v) is 4.85. The van der Waals surface area contributed by atoms with Gasteiger partial charge in [0.05, 0.1) is 5.54 Å². The van der Waals surface area contributed by atoms with E-state index in [-0.39, 0.29) is 11.4 Å². The van der Waals surface area contributed by atoms with E-state index in [4.69, 9.17) is 0 Å². The molecule has 0 radical (unpaired) electrons. The second kappa shape index (κ2) is 3.54. The Morgan fingerprint density at radius 2 is 2.43 bits per heavy atom. The van der Waals surface area contributed by atoms with E-state index in [1.54, 1.807) is 0 Å². The van der Waals surface area contributed by atoms with Crippen molar-refractivity contribution in [2.24, 2.45) is 5.92 Å². The molecule has 3 heteroatoms. The van der Waals surface area contributed by atoms with Gasteiger partial charge in [-0.15, -0.1) is 0 Å². The van der Waals surface area contributed by atoms with E-state index >= 15 is 0 Å². The average Bonchev–Trinajstić information content (AvgIpc) is 2.77. The van der Waals surface area contributed by atoms with E-state index in [0.29, 0.717) is 6.04 Å². The van der Waals surface area contributed by atoms with E-state index in [1.807, 2.05) is 6.92 Å². The van der Waals surface area contributed by atoms with Crippen molar-refractivity contribution in [3.8, 4) is 0 Å². The minimum absolute atomic E-state index is 0.205. The highest BCUT2D eigenvalue weighted by Crippen LogP contribution is 2.33. The molecule has 2 aliphatic rings. The van der Waals surface area contributed by atoms with Crippen LogP contribution in [0.25, 0.3) is 0 Å². The monoisotopic (exact) mass is 196 g/mol. The van der Waals surface area contributed by atoms with Crippen molar-refractivity contribution >= 4 is 5.91 Å². The number of amides is 1. The van der Waals surface area contributed by atoms with Gasteiger partial charge in [0, 0.05) is 6.04 Å². The molecule has 1 saturated heterocycles. The predicted molar refractivity (Wildman–Crippen MR) is 56.0 cm³/mol. The third-order valence-electron chi connectivity index (χ3n) is 3.63. The van der Waals surface area contributed by atoms with Gasteiger partial charge in [-0.3, -0.25) is 4.79 Å². The first-order valence-electron chi connectivity index (χ1n) is 5.72. The zero-order valence-corrected chi connectivity index (χ0v) is 9.10. The highest BCUT2D eigenvalue weighted by Gasteiger charge is 2.42. The third-order valence-corrected chi connectivity index (χ3v) is 3.63. The molecule has 80 valence electrons. The predicted octanol–water partition coefficient (Wildman–Crippen LogP) is 1.04. The Hall–Kier alpha value is -0.570. The van der Waals surface area contributed by atoms with Crippen LogP contribution >= 0.6 is 0 Å². The molecule has 3 atom stereocenters. The number of carbonyl (C=O) groups excluding carboxylic acids is 1. The van der Waals surface area contributed by atoms with Gasteiger partial charge in [-0.25, -0.2) is 0 Å². The molecule has 3 nitrogen and oxygen atoms in total. The van der Waals surface area contributed by atoms with Gasteiger partial charge < -0.3 is 10.6 Å². The van der Waals surface area contributed by atoms with Crippen LogP contribution in [0.5, 0.6) is 0 Å². The number of carbonyl (C=O) groups is 1. The molecule has 1 heterocycles. The van der Waals surface area contributed by atoms with Crippen molar-refractivity contribution in [3.63, 3.8) is 0 Å². The van der Waals surface area contributed by atoms with E-state index in [2.05, 4.69) is 17.6 Å². The minimum atomic E-state index is -0.291. The molecule has 1 aliphatic carbocycles. The van der Waals surface area contributed by atoms with Gasteiger partial charge in [-0.1, -0.05) is 13.3 Å². The summed E-state index contributed by atoms with van der Waals surface area (Å²) >= 11 is 0. The molecular formula is C11H20N2O. The molecule has 14 heavy (non-hydrogen) atoms. The quantitative estimate of drug-likeness (QED) is 0.708. The highest BCUT2D eigenvalue weighted by molar-refractivity contribution is 5.86. The lowest BCUT2D eigenvalue weighted by Crippen LogP contribution is -2.51. The highest BCUT2D eigenvalue weighted by atomic mass is 16.2. The van der Waals surface area contributed by atoms with Crippen molar-refractivity contribution < 1.29 is 4.79 Å². The first kappa shape index (κ1) is 9.97. The Bertz CT molecular complexity index is 233. The first-order chi connectivity index (χ1) is 6.65. The van der Waals surface area contributed by atoms with Crippen molar-refractivity contribution in [2.75, 3.05) is 6.54 Å². The number of hydrogen-bond acceptors (Lipinski definition) is 2. The fourth-order valence-electron chi connectivity index (χ4n) is 2.29. The van der Waals surface area contributed by atoms with Gasteiger partial charge in [0.25, 0.3) is 0 Å². The molecule has 2 rings (SSSR count). The Labute approximate surface area is 85.6 Å². The fraction of sp³-hybridized carbons (Fsp3) is 0.909. The van der Waals surface area contributed by atoms with E-state index < -0.39 is 0 Å². The molecule has 0 aromatic rings. The molecule has 0 spiro atoms. The number of rotatable bonds is 3. The maximum absolute atomic E-state index is 11.9. The van der Waals surface area contributed by atoms with E-state index in [0.717, 1.165) is 25.3 Å². The minimum Gasteiger partial charge on any atom is -0.351 e. The van der Waals surface area contributed by atoms with Crippen LogP contribution in [0.15, 0.2) is 0 Å². The van der Waals surface area contributed by atoms with Crippen LogP contribution in [0, 0.1) is 5.92 Å². The zero-order valence-electron chi connectivity index (χ0n) is 9.10. The average molecular weight is 196 g/mol. The smallest absolute Gasteiger partial charge is 0.240 e. The van der Waals surface area contributed by atoms with Crippen LogP contribution in [0.1, 0.15) is 39.5 Å². The lowest BCUT2D eigenvalue weighted by atomic mass is 9.99. The summed E-state index contributed by atoms with van der Waals surface area (Å²) in [6.07, 6.45) is 4.46. The maximum atomic E-state index is 11.9. The summed E-state index contributed by atoms with van der Waals surface area (Å²) in [5, 5.41) is 6.42. The molecule has 1 aliphatic heterocycles. The van der Waals surface area contributed by atoms with Crippen LogP contribution < -0.4 is 10.6 Å². The number of nitrogens with one attached hydrogen (secondary N) is 2. The molecule has 1 saturated carbocycles. The Kier molecular flexibility index (Phi) is 2.52. The molecule has 2 N–H and O–H groups in total. The largest absolute Gasteiger partial charge is 0.351 e. The van der Waals surface area contributed by atoms with Crippen molar-refractivity contribution in [2.45, 2.75) is 51.1 Å². The van der Waals surface area contributed by atoms with Crippen molar-refractivity contribution in [3.05, 3.63) is 0 Å². The summed E-state index contributed by atoms with van der Waals surface area (Å²) in [6, 6.07) is 0.465. The second-order valence-electron chi connectivity index (χ2n) is 4.85. The third kappa shape index (κ3) is 1.78. The van der Waals surface area contributed by atoms with Crippen LogP contribution in [0.4, 0.5) is 0 Å². The van der Waals surface area contributed by atoms with E-state index in [1.165, 1.54) is 12.8 Å². The van der Waals surface area contributed by atoms with Crippen LogP contribution in [-0.2, 0) is 4.79 Å². The summed E-state index contributed by atoms with van der Waals surface area (Å²) in [6.45, 7) is 5.18. The van der Waals surface area contributed by atoms with Crippen molar-refractivity contribution in [1.82, 2.24) is 10.6 Å². The fourth-order valence-corrected chi connectivity index (χ4v) is 2.29. The van der Waals surface area contributed by atoms with Gasteiger partial charge in [0.1, 0.15) is 0 Å². The maximum Gasteiger partial charge on any atom is 0.240 e. The summed E-state index contributed by atoms with van der Waals surface area (Å²) in [4.78, 5) is 11.9. The van der Waals surface area contributed by atoms with E-state index in [9.17, 15) is 4.79 Å². The van der Waals surface area contributed by atoms with Gasteiger partial charge in [0.2, 0.25) is 5.91 Å². The summed E-state index contributed by atoms with van der Waals surface area (Å²) < 4.78 is 0. The molecule has 3 unspecified atom stereocenters. The Morgan fingerprint density at radius 3 is 2.93 bits per heavy atom. The lowest BCUT2D eigenvalue weighted by Gasteiger charge is -2.23. The van der Waals surface area contributed by atoms with Crippen LogP contribution in [0.3, 0.4) is 0 Å². The van der Waals surface area contributed by atoms with Crippen LogP contribution in [-0.4, -0.2) is 24.0 Å². The van der Waals surface area contributed by atoms with Crippen molar-refractivity contribution in [1.29, 1.82) is 0 Å². The number of hydrogen-bond donors (Lipinski definition) is 2. The molecule has 1 amide bonds. The van der Waals surface area contributed by atoms with Gasteiger partial charge >= 0.3 is 0 Å².